The molecule has 118 valence electrons. The van der Waals surface area contributed by atoms with Crippen LogP contribution in [0.4, 0.5) is 5.13 Å². The van der Waals surface area contributed by atoms with Gasteiger partial charge in [-0.2, -0.15) is 0 Å². The summed E-state index contributed by atoms with van der Waals surface area (Å²) in [5, 5.41) is 3.24. The molecule has 1 aliphatic heterocycles. The van der Waals surface area contributed by atoms with Crippen molar-refractivity contribution in [2.75, 3.05) is 44.2 Å². The number of hydrogen-bond acceptors (Lipinski definition) is 5. The van der Waals surface area contributed by atoms with Crippen LogP contribution in [0, 0.1) is 11.3 Å². The largest absolute Gasteiger partial charge is 0.346 e. The normalized spacial score (nSPS) is 31.5. The Morgan fingerprint density at radius 2 is 2.00 bits per heavy atom. The third-order valence-electron chi connectivity index (χ3n) is 5.39. The van der Waals surface area contributed by atoms with E-state index in [2.05, 4.69) is 27.1 Å². The van der Waals surface area contributed by atoms with Gasteiger partial charge in [0.25, 0.3) is 0 Å². The van der Waals surface area contributed by atoms with Gasteiger partial charge in [-0.25, -0.2) is 4.98 Å². The monoisotopic (exact) mass is 308 g/mol. The van der Waals surface area contributed by atoms with Crippen molar-refractivity contribution in [3.63, 3.8) is 0 Å². The summed E-state index contributed by atoms with van der Waals surface area (Å²) < 4.78 is 0. The zero-order valence-electron chi connectivity index (χ0n) is 13.1. The predicted octanol–water partition coefficient (Wildman–Crippen LogP) is 2.42. The number of aromatic nitrogens is 1. The molecule has 0 bridgehead atoms. The number of piperazine rings is 1. The molecule has 0 aromatic carbocycles. The second kappa shape index (κ2) is 6.63. The molecule has 2 N–H and O–H groups in total. The second-order valence-electron chi connectivity index (χ2n) is 6.96. The van der Waals surface area contributed by atoms with E-state index in [1.54, 1.807) is 11.3 Å². The smallest absolute Gasteiger partial charge is 0.185 e. The standard InChI is InChI=1S/C16H28N4S/c1-14-2-4-16(12-17,5-3-14)13-19-7-9-20(10-8-19)15-18-6-11-21-15/h6,11,14H,2-5,7-10,12-13,17H2,1H3. The number of hydrogen-bond donors (Lipinski definition) is 1. The third-order valence-corrected chi connectivity index (χ3v) is 6.22. The van der Waals surface area contributed by atoms with E-state index in [0.717, 1.165) is 38.6 Å². The first-order valence-corrected chi connectivity index (χ1v) is 9.16. The van der Waals surface area contributed by atoms with E-state index in [-0.39, 0.29) is 0 Å². The molecule has 3 rings (SSSR count). The van der Waals surface area contributed by atoms with Gasteiger partial charge in [0.15, 0.2) is 5.13 Å². The van der Waals surface area contributed by atoms with E-state index in [0.29, 0.717) is 5.41 Å². The van der Waals surface area contributed by atoms with Crippen molar-refractivity contribution >= 4 is 16.5 Å². The van der Waals surface area contributed by atoms with Crippen LogP contribution in [0.15, 0.2) is 11.6 Å². The van der Waals surface area contributed by atoms with Crippen molar-refractivity contribution in [1.82, 2.24) is 9.88 Å². The highest BCUT2D eigenvalue weighted by molar-refractivity contribution is 7.13. The Balaban J connectivity index is 1.52. The molecule has 1 aromatic rings. The molecule has 1 saturated carbocycles. The second-order valence-corrected chi connectivity index (χ2v) is 7.84. The van der Waals surface area contributed by atoms with Crippen molar-refractivity contribution in [2.45, 2.75) is 32.6 Å². The Kier molecular flexibility index (Phi) is 4.82. The fourth-order valence-electron chi connectivity index (χ4n) is 3.75. The van der Waals surface area contributed by atoms with E-state index < -0.39 is 0 Å². The van der Waals surface area contributed by atoms with Crippen molar-refractivity contribution in [2.24, 2.45) is 17.1 Å². The van der Waals surface area contributed by atoms with Gasteiger partial charge in [-0.3, -0.25) is 4.90 Å². The number of nitrogens with zero attached hydrogens (tertiary/aromatic N) is 3. The third kappa shape index (κ3) is 3.58. The highest BCUT2D eigenvalue weighted by Gasteiger charge is 2.35. The summed E-state index contributed by atoms with van der Waals surface area (Å²) >= 11 is 1.75. The van der Waals surface area contributed by atoms with E-state index in [1.807, 2.05) is 6.20 Å². The first-order valence-electron chi connectivity index (χ1n) is 8.28. The van der Waals surface area contributed by atoms with E-state index in [9.17, 15) is 0 Å². The number of thiazole rings is 1. The minimum absolute atomic E-state index is 0.385. The van der Waals surface area contributed by atoms with Crippen molar-refractivity contribution in [1.29, 1.82) is 0 Å². The summed E-state index contributed by atoms with van der Waals surface area (Å²) in [6.45, 7) is 8.94. The lowest BCUT2D eigenvalue weighted by atomic mass is 9.70. The molecule has 21 heavy (non-hydrogen) atoms. The highest BCUT2D eigenvalue weighted by Crippen LogP contribution is 2.39. The minimum Gasteiger partial charge on any atom is -0.346 e. The van der Waals surface area contributed by atoms with Crippen LogP contribution in [0.25, 0.3) is 0 Å². The van der Waals surface area contributed by atoms with Gasteiger partial charge >= 0.3 is 0 Å². The highest BCUT2D eigenvalue weighted by atomic mass is 32.1. The van der Waals surface area contributed by atoms with Gasteiger partial charge in [0.05, 0.1) is 0 Å². The van der Waals surface area contributed by atoms with Gasteiger partial charge in [0.1, 0.15) is 0 Å². The van der Waals surface area contributed by atoms with E-state index in [1.165, 1.54) is 37.4 Å². The van der Waals surface area contributed by atoms with Crippen LogP contribution in [-0.2, 0) is 0 Å². The van der Waals surface area contributed by atoms with Crippen LogP contribution in [0.2, 0.25) is 0 Å². The van der Waals surface area contributed by atoms with Gasteiger partial charge in [-0.05, 0) is 30.7 Å². The Morgan fingerprint density at radius 1 is 1.29 bits per heavy atom. The summed E-state index contributed by atoms with van der Waals surface area (Å²) in [4.78, 5) is 9.47. The summed E-state index contributed by atoms with van der Waals surface area (Å²) in [6, 6.07) is 0. The average Bonchev–Trinajstić information content (AvgIpc) is 3.05. The summed E-state index contributed by atoms with van der Waals surface area (Å²) in [6.07, 6.45) is 7.25. The zero-order chi connectivity index (χ0) is 14.7. The van der Waals surface area contributed by atoms with Crippen LogP contribution in [0.3, 0.4) is 0 Å². The summed E-state index contributed by atoms with van der Waals surface area (Å²) in [7, 11) is 0. The van der Waals surface area contributed by atoms with Crippen molar-refractivity contribution in [3.05, 3.63) is 11.6 Å². The van der Waals surface area contributed by atoms with Crippen LogP contribution in [-0.4, -0.2) is 49.2 Å². The van der Waals surface area contributed by atoms with Gasteiger partial charge in [0.2, 0.25) is 0 Å². The fourth-order valence-corrected chi connectivity index (χ4v) is 4.44. The molecule has 2 fully saturated rings. The molecule has 2 aliphatic rings. The SMILES string of the molecule is CC1CCC(CN)(CN2CCN(c3nccs3)CC2)CC1. The van der Waals surface area contributed by atoms with Gasteiger partial charge in [0, 0.05) is 44.3 Å². The Labute approximate surface area is 132 Å². The lowest BCUT2D eigenvalue weighted by Crippen LogP contribution is -2.52. The predicted molar refractivity (Wildman–Crippen MR) is 89.9 cm³/mol. The average molecular weight is 308 g/mol. The quantitative estimate of drug-likeness (QED) is 0.928. The molecular formula is C16H28N4S. The molecular weight excluding hydrogens is 280 g/mol. The lowest BCUT2D eigenvalue weighted by Gasteiger charge is -2.44. The van der Waals surface area contributed by atoms with E-state index in [4.69, 9.17) is 5.73 Å². The Morgan fingerprint density at radius 3 is 2.57 bits per heavy atom. The molecule has 2 heterocycles. The molecule has 5 heteroatoms. The Hall–Kier alpha value is -0.650. The number of anilines is 1. The zero-order valence-corrected chi connectivity index (χ0v) is 13.9. The summed E-state index contributed by atoms with van der Waals surface area (Å²) in [5.41, 5.74) is 6.54. The number of rotatable bonds is 4. The summed E-state index contributed by atoms with van der Waals surface area (Å²) in [5.74, 6) is 0.895. The van der Waals surface area contributed by atoms with Crippen molar-refractivity contribution in [3.8, 4) is 0 Å². The maximum Gasteiger partial charge on any atom is 0.185 e. The first kappa shape index (κ1) is 15.3. The molecule has 0 atom stereocenters. The molecule has 0 radical (unpaired) electrons. The molecule has 1 aromatic heterocycles. The molecule has 0 unspecified atom stereocenters. The maximum absolute atomic E-state index is 6.16. The van der Waals surface area contributed by atoms with Gasteiger partial charge in [-0.1, -0.05) is 19.8 Å². The molecule has 0 spiro atoms. The number of nitrogens with two attached hydrogens (primary N) is 1. The maximum atomic E-state index is 6.16. The van der Waals surface area contributed by atoms with Crippen LogP contribution >= 0.6 is 11.3 Å². The lowest BCUT2D eigenvalue weighted by molar-refractivity contribution is 0.0913. The molecule has 1 saturated heterocycles. The Bertz CT molecular complexity index is 417. The van der Waals surface area contributed by atoms with Crippen LogP contribution < -0.4 is 10.6 Å². The topological polar surface area (TPSA) is 45.4 Å². The molecule has 0 amide bonds. The minimum atomic E-state index is 0.385. The van der Waals surface area contributed by atoms with Crippen LogP contribution in [0.5, 0.6) is 0 Å². The molecule has 4 nitrogen and oxygen atoms in total. The van der Waals surface area contributed by atoms with Gasteiger partial charge < -0.3 is 10.6 Å². The van der Waals surface area contributed by atoms with Crippen LogP contribution in [0.1, 0.15) is 32.6 Å². The fraction of sp³-hybridized carbons (Fsp3) is 0.812. The molecule has 1 aliphatic carbocycles. The van der Waals surface area contributed by atoms with E-state index >= 15 is 0 Å². The van der Waals surface area contributed by atoms with Crippen molar-refractivity contribution < 1.29 is 0 Å². The first-order chi connectivity index (χ1) is 10.2. The van der Waals surface area contributed by atoms with Gasteiger partial charge in [-0.15, -0.1) is 11.3 Å².